The number of quaternary nitrogens is 1. The van der Waals surface area contributed by atoms with Crippen LogP contribution in [0.1, 0.15) is 11.1 Å². The van der Waals surface area contributed by atoms with Crippen molar-refractivity contribution in [2.75, 3.05) is 58.5 Å². The lowest BCUT2D eigenvalue weighted by atomic mass is 9.99. The highest BCUT2D eigenvalue weighted by Gasteiger charge is 2.30. The molecule has 0 saturated carbocycles. The van der Waals surface area contributed by atoms with Crippen LogP contribution < -0.4 is 15.3 Å². The molecule has 7 rings (SSSR count). The maximum Gasteiger partial charge on any atom is 0.228 e. The summed E-state index contributed by atoms with van der Waals surface area (Å²) in [6.45, 7) is 7.20. The number of methoxy groups -OCH3 is 1. The number of H-pyrrole nitrogens is 1. The van der Waals surface area contributed by atoms with Gasteiger partial charge in [-0.3, -0.25) is 9.69 Å². The van der Waals surface area contributed by atoms with Gasteiger partial charge in [0.15, 0.2) is 27.3 Å². The second-order valence-electron chi connectivity index (χ2n) is 13.7. The number of anilines is 2. The molecule has 4 aromatic carbocycles. The number of Topliss-reactive ketones (excluding diaryl/α,β-unsaturated/α-hetero) is 1. The summed E-state index contributed by atoms with van der Waals surface area (Å²) in [5.41, 5.74) is 1.94. The van der Waals surface area contributed by atoms with Crippen LogP contribution in [0.15, 0.2) is 96.7 Å². The molecule has 0 aliphatic carbocycles. The van der Waals surface area contributed by atoms with Gasteiger partial charge in [-0.15, -0.1) is 0 Å². The van der Waals surface area contributed by atoms with Crippen LogP contribution in [-0.2, 0) is 25.8 Å². The van der Waals surface area contributed by atoms with Gasteiger partial charge in [0, 0.05) is 61.1 Å². The standard InChI is InChI=1S/C29H32F2N6O4S.C12H10O2/c1-36-10-12-37(13-11-36)23(17-41-2)24(38)14-18-6-4-7-19-20(15-32-27(18)19)28-21(30)16-33-29(35-28)34-22-8-5-9-25(26(22)31)42(3,39)40;1-8(13)10-7-6-9-4-2-3-5-11(9)12(10)14/h4-9,15-16,23,32H,10-14,17H2,1-3H3,(H,33,34,35);2-7,13-14H,1H2/t23-;/m1./s1. The number of carbonyl (C=O) groups is 1. The molecule has 1 aliphatic rings. The average molecular weight is 785 g/mol. The first kappa shape index (κ1) is 39.9. The lowest BCUT2D eigenvalue weighted by molar-refractivity contribution is -0.884. The quantitative estimate of drug-likeness (QED) is 0.138. The number of likely N-dealkylation sites (N-methyl/N-ethyl adjacent to an activating group) is 1. The van der Waals surface area contributed by atoms with Crippen molar-refractivity contribution in [3.05, 3.63) is 115 Å². The van der Waals surface area contributed by atoms with E-state index in [-0.39, 0.29) is 52.6 Å². The molecule has 15 heteroatoms. The number of aromatic nitrogens is 3. The van der Waals surface area contributed by atoms with Gasteiger partial charge in [0.1, 0.15) is 16.3 Å². The lowest BCUT2D eigenvalue weighted by Gasteiger charge is -2.35. The maximum absolute atomic E-state index is 15.0. The van der Waals surface area contributed by atoms with E-state index in [1.807, 2.05) is 18.2 Å². The fourth-order valence-electron chi connectivity index (χ4n) is 6.74. The highest BCUT2D eigenvalue weighted by Crippen LogP contribution is 2.33. The van der Waals surface area contributed by atoms with Crippen molar-refractivity contribution in [2.45, 2.75) is 17.4 Å². The average Bonchev–Trinajstić information content (AvgIpc) is 3.61. The van der Waals surface area contributed by atoms with E-state index in [1.54, 1.807) is 49.7 Å². The zero-order valence-corrected chi connectivity index (χ0v) is 31.9. The molecule has 1 fully saturated rings. The zero-order valence-electron chi connectivity index (χ0n) is 31.1. The number of fused-ring (bicyclic) bond motifs is 2. The molecule has 0 amide bonds. The predicted molar refractivity (Wildman–Crippen MR) is 210 cm³/mol. The van der Waals surface area contributed by atoms with Crippen LogP contribution in [0.5, 0.6) is 5.75 Å². The number of nitrogens with one attached hydrogen (secondary N) is 3. The molecule has 1 aliphatic heterocycles. The Morgan fingerprint density at radius 1 is 1.07 bits per heavy atom. The molecule has 6 aromatic rings. The lowest BCUT2D eigenvalue weighted by Crippen LogP contribution is -3.12. The SMILES string of the molecule is C=C(O)c1ccc2ccccc2c1[O-].COC[C@H](C(=O)Cc1cccc2c(-c3nc(Nc4cccc(S(C)(=O)=O)c4F)ncc3F)c[nH]c12)N1CC[NH+](C)CC1. The molecule has 2 aromatic heterocycles. The molecular weight excluding hydrogens is 743 g/mol. The number of ketones is 1. The number of piperazine rings is 1. The van der Waals surface area contributed by atoms with Crippen LogP contribution in [0, 0.1) is 11.6 Å². The maximum atomic E-state index is 15.0. The fourth-order valence-corrected chi connectivity index (χ4v) is 7.51. The molecule has 56 heavy (non-hydrogen) atoms. The minimum atomic E-state index is -3.81. The van der Waals surface area contributed by atoms with Crippen molar-refractivity contribution in [3.63, 3.8) is 0 Å². The Morgan fingerprint density at radius 3 is 2.50 bits per heavy atom. The van der Waals surface area contributed by atoms with Crippen LogP contribution in [0.4, 0.5) is 20.4 Å². The van der Waals surface area contributed by atoms with Gasteiger partial charge in [-0.25, -0.2) is 27.2 Å². The normalized spacial score (nSPS) is 14.3. The molecule has 0 spiro atoms. The third kappa shape index (κ3) is 8.71. The van der Waals surface area contributed by atoms with Gasteiger partial charge < -0.3 is 30.2 Å². The van der Waals surface area contributed by atoms with E-state index >= 15 is 4.39 Å². The number of ether oxygens (including phenoxy) is 1. The summed E-state index contributed by atoms with van der Waals surface area (Å²) >= 11 is 0. The minimum absolute atomic E-state index is 0.0399. The van der Waals surface area contributed by atoms with Gasteiger partial charge >= 0.3 is 0 Å². The van der Waals surface area contributed by atoms with Gasteiger partial charge in [-0.1, -0.05) is 73.0 Å². The number of halogens is 2. The number of benzene rings is 4. The first-order valence-electron chi connectivity index (χ1n) is 17.8. The Labute approximate surface area is 323 Å². The third-order valence-electron chi connectivity index (χ3n) is 9.75. The number of para-hydroxylation sites is 1. The number of aromatic amines is 1. The summed E-state index contributed by atoms with van der Waals surface area (Å²) in [6, 6.07) is 19.6. The zero-order chi connectivity index (χ0) is 40.1. The molecule has 292 valence electrons. The Morgan fingerprint density at radius 2 is 1.79 bits per heavy atom. The number of hydrogen-bond donors (Lipinski definition) is 4. The summed E-state index contributed by atoms with van der Waals surface area (Å²) in [5.74, 6) is -2.12. The van der Waals surface area contributed by atoms with Crippen LogP contribution in [0.2, 0.25) is 0 Å². The topological polar surface area (TPSA) is 165 Å². The summed E-state index contributed by atoms with van der Waals surface area (Å²) in [6.07, 6.45) is 3.64. The second kappa shape index (κ2) is 17.0. The summed E-state index contributed by atoms with van der Waals surface area (Å²) in [5, 5.41) is 25.7. The Balaban J connectivity index is 0.000000317. The molecule has 4 N–H and O–H groups in total. The first-order valence-corrected chi connectivity index (χ1v) is 19.7. The van der Waals surface area contributed by atoms with E-state index in [0.29, 0.717) is 28.5 Å². The molecule has 0 radical (unpaired) electrons. The molecular formula is C41H42F2N6O6S. The molecule has 0 unspecified atom stereocenters. The van der Waals surface area contributed by atoms with Crippen LogP contribution in [-0.4, -0.2) is 98.4 Å². The fraction of sp³-hybridized carbons (Fsp3) is 0.244. The minimum Gasteiger partial charge on any atom is -0.872 e. The number of hydrogen-bond acceptors (Lipinski definition) is 10. The van der Waals surface area contributed by atoms with E-state index in [9.17, 15) is 22.7 Å². The molecule has 1 saturated heterocycles. The largest absolute Gasteiger partial charge is 0.872 e. The molecule has 0 bridgehead atoms. The van der Waals surface area contributed by atoms with Gasteiger partial charge in [0.05, 0.1) is 44.7 Å². The van der Waals surface area contributed by atoms with Gasteiger partial charge in [0.25, 0.3) is 0 Å². The van der Waals surface area contributed by atoms with Crippen molar-refractivity contribution in [1.82, 2.24) is 19.9 Å². The highest BCUT2D eigenvalue weighted by molar-refractivity contribution is 7.90. The monoisotopic (exact) mass is 784 g/mol. The summed E-state index contributed by atoms with van der Waals surface area (Å²) in [7, 11) is -0.0738. The molecule has 3 heterocycles. The summed E-state index contributed by atoms with van der Waals surface area (Å²) < 4.78 is 59.1. The molecule has 12 nitrogen and oxygen atoms in total. The van der Waals surface area contributed by atoms with Crippen LogP contribution in [0.25, 0.3) is 38.7 Å². The van der Waals surface area contributed by atoms with Crippen molar-refractivity contribution in [3.8, 4) is 17.0 Å². The molecule has 1 atom stereocenters. The van der Waals surface area contributed by atoms with E-state index < -0.39 is 26.4 Å². The highest BCUT2D eigenvalue weighted by atomic mass is 32.2. The third-order valence-corrected chi connectivity index (χ3v) is 10.9. The van der Waals surface area contributed by atoms with Gasteiger partial charge in [0.2, 0.25) is 5.95 Å². The number of rotatable bonds is 11. The van der Waals surface area contributed by atoms with E-state index in [2.05, 4.69) is 38.8 Å². The van der Waals surface area contributed by atoms with E-state index in [0.717, 1.165) is 55.6 Å². The Kier molecular flexibility index (Phi) is 12.1. The van der Waals surface area contributed by atoms with Crippen molar-refractivity contribution in [2.24, 2.45) is 0 Å². The predicted octanol–water partition coefficient (Wildman–Crippen LogP) is 4.45. The van der Waals surface area contributed by atoms with Gasteiger partial charge in [-0.2, -0.15) is 0 Å². The van der Waals surface area contributed by atoms with Crippen LogP contribution >= 0.6 is 0 Å². The Bertz CT molecular complexity index is 2520. The van der Waals surface area contributed by atoms with Gasteiger partial charge in [-0.05, 0) is 28.5 Å². The van der Waals surface area contributed by atoms with Crippen molar-refractivity contribution in [1.29, 1.82) is 0 Å². The second-order valence-corrected chi connectivity index (χ2v) is 15.6. The number of aliphatic hydroxyl groups excluding tert-OH is 1. The summed E-state index contributed by atoms with van der Waals surface area (Å²) in [4.78, 5) is 28.0. The van der Waals surface area contributed by atoms with E-state index in [1.165, 1.54) is 17.0 Å². The number of aliphatic hydroxyl groups is 1. The number of sulfone groups is 1. The number of carbonyl (C=O) groups excluding carboxylic acids is 1. The van der Waals surface area contributed by atoms with E-state index in [4.69, 9.17) is 9.84 Å². The van der Waals surface area contributed by atoms with Crippen LogP contribution in [0.3, 0.4) is 0 Å². The van der Waals surface area contributed by atoms with Crippen molar-refractivity contribution < 1.29 is 41.8 Å². The number of nitrogens with zero attached hydrogens (tertiary/aromatic N) is 3. The first-order chi connectivity index (χ1) is 26.8. The Hall–Kier alpha value is -5.74. The van der Waals surface area contributed by atoms with Crippen molar-refractivity contribution >= 4 is 54.7 Å². The smallest absolute Gasteiger partial charge is 0.228 e.